The molecule has 0 aromatic carbocycles. The molecule has 4 nitrogen and oxygen atoms in total. The summed E-state index contributed by atoms with van der Waals surface area (Å²) in [5.74, 6) is 1.15. The maximum atomic E-state index is 5.47. The maximum absolute atomic E-state index is 5.47. The van der Waals surface area contributed by atoms with Crippen LogP contribution in [0.25, 0.3) is 0 Å². The lowest BCUT2D eigenvalue weighted by atomic mass is 10.1. The van der Waals surface area contributed by atoms with Crippen molar-refractivity contribution in [2.75, 3.05) is 12.3 Å². The van der Waals surface area contributed by atoms with E-state index in [2.05, 4.69) is 15.2 Å². The lowest BCUT2D eigenvalue weighted by Crippen LogP contribution is -1.97. The minimum atomic E-state index is 0.853. The molecule has 1 rings (SSSR count). The number of thioether (sulfide) groups is 1. The molecule has 0 spiro atoms. The molecular formula is C14H28N4S. The molecule has 0 saturated heterocycles. The Morgan fingerprint density at radius 1 is 0.895 bits per heavy atom. The highest BCUT2D eigenvalue weighted by atomic mass is 32.2. The summed E-state index contributed by atoms with van der Waals surface area (Å²) in [6.07, 6.45) is 15.0. The fourth-order valence-corrected chi connectivity index (χ4v) is 2.87. The van der Waals surface area contributed by atoms with Gasteiger partial charge in [-0.1, -0.05) is 63.1 Å². The number of aromatic nitrogens is 3. The Morgan fingerprint density at radius 2 is 1.47 bits per heavy atom. The summed E-state index contributed by atoms with van der Waals surface area (Å²) in [5.41, 5.74) is 5.47. The first-order valence-electron chi connectivity index (χ1n) is 7.61. The monoisotopic (exact) mass is 284 g/mol. The number of nitrogens with two attached hydrogens (primary N) is 1. The minimum absolute atomic E-state index is 0.853. The molecule has 19 heavy (non-hydrogen) atoms. The quantitative estimate of drug-likeness (QED) is 0.427. The Bertz CT molecular complexity index is 277. The number of hydrogen-bond donors (Lipinski definition) is 2. The van der Waals surface area contributed by atoms with E-state index in [1.807, 2.05) is 0 Å². The van der Waals surface area contributed by atoms with E-state index >= 15 is 0 Å². The predicted molar refractivity (Wildman–Crippen MR) is 82.3 cm³/mol. The summed E-state index contributed by atoms with van der Waals surface area (Å²) in [6.45, 7) is 0.853. The highest BCUT2D eigenvalue weighted by Crippen LogP contribution is 2.15. The number of unbranched alkanes of at least 4 members (excludes halogenated alkanes) is 9. The molecule has 3 N–H and O–H groups in total. The third kappa shape index (κ3) is 9.96. The molecule has 0 unspecified atom stereocenters. The normalized spacial score (nSPS) is 11.0. The first kappa shape index (κ1) is 16.5. The van der Waals surface area contributed by atoms with Gasteiger partial charge in [0.15, 0.2) is 5.16 Å². The third-order valence-corrected chi connectivity index (χ3v) is 4.19. The van der Waals surface area contributed by atoms with Crippen molar-refractivity contribution in [3.8, 4) is 0 Å². The van der Waals surface area contributed by atoms with Crippen molar-refractivity contribution in [2.45, 2.75) is 69.4 Å². The zero-order valence-corrected chi connectivity index (χ0v) is 12.8. The molecule has 0 aliphatic heterocycles. The van der Waals surface area contributed by atoms with E-state index in [1.165, 1.54) is 64.2 Å². The van der Waals surface area contributed by atoms with Gasteiger partial charge < -0.3 is 5.73 Å². The van der Waals surface area contributed by atoms with Gasteiger partial charge in [-0.3, -0.25) is 5.10 Å². The minimum Gasteiger partial charge on any atom is -0.330 e. The Balaban J connectivity index is 1.72. The van der Waals surface area contributed by atoms with Crippen molar-refractivity contribution in [3.05, 3.63) is 6.33 Å². The standard InChI is InChI=1S/C14H28N4S/c15-11-9-7-5-3-1-2-4-6-8-10-12-19-14-16-13-17-18-14/h13H,1-12,15H2,(H,16,17,18). The van der Waals surface area contributed by atoms with Crippen molar-refractivity contribution in [1.29, 1.82) is 0 Å². The summed E-state index contributed by atoms with van der Waals surface area (Å²) < 4.78 is 0. The van der Waals surface area contributed by atoms with E-state index in [0.29, 0.717) is 0 Å². The van der Waals surface area contributed by atoms with E-state index in [9.17, 15) is 0 Å². The second kappa shape index (κ2) is 12.5. The summed E-state index contributed by atoms with van der Waals surface area (Å²) in [5, 5.41) is 7.65. The number of hydrogen-bond acceptors (Lipinski definition) is 4. The highest BCUT2D eigenvalue weighted by Gasteiger charge is 1.96. The summed E-state index contributed by atoms with van der Waals surface area (Å²) in [4.78, 5) is 4.09. The Labute approximate surface area is 121 Å². The Hall–Kier alpha value is -0.550. The molecule has 1 aromatic rings. The van der Waals surface area contributed by atoms with Crippen LogP contribution >= 0.6 is 11.8 Å². The largest absolute Gasteiger partial charge is 0.330 e. The molecule has 110 valence electrons. The van der Waals surface area contributed by atoms with E-state index < -0.39 is 0 Å². The van der Waals surface area contributed by atoms with Crippen LogP contribution in [-0.2, 0) is 0 Å². The van der Waals surface area contributed by atoms with Crippen LogP contribution in [0, 0.1) is 0 Å². The van der Waals surface area contributed by atoms with Crippen molar-refractivity contribution in [1.82, 2.24) is 15.2 Å². The second-order valence-corrected chi connectivity index (χ2v) is 6.05. The molecule has 0 bridgehead atoms. The van der Waals surface area contributed by atoms with Crippen LogP contribution in [0.4, 0.5) is 0 Å². The summed E-state index contributed by atoms with van der Waals surface area (Å²) in [6, 6.07) is 0. The fourth-order valence-electron chi connectivity index (χ4n) is 2.09. The molecule has 0 atom stereocenters. The van der Waals surface area contributed by atoms with E-state index in [4.69, 9.17) is 5.73 Å². The number of rotatable bonds is 13. The van der Waals surface area contributed by atoms with E-state index in [1.54, 1.807) is 18.1 Å². The molecule has 1 heterocycles. The highest BCUT2D eigenvalue weighted by molar-refractivity contribution is 7.99. The van der Waals surface area contributed by atoms with Crippen LogP contribution in [0.2, 0.25) is 0 Å². The third-order valence-electron chi connectivity index (χ3n) is 3.23. The smallest absolute Gasteiger partial charge is 0.183 e. The number of H-pyrrole nitrogens is 1. The number of aromatic amines is 1. The Morgan fingerprint density at radius 3 is 2.00 bits per heavy atom. The van der Waals surface area contributed by atoms with E-state index in [0.717, 1.165) is 17.5 Å². The van der Waals surface area contributed by atoms with Gasteiger partial charge in [0.2, 0.25) is 0 Å². The zero-order valence-electron chi connectivity index (χ0n) is 11.9. The molecule has 0 aliphatic rings. The molecule has 0 saturated carbocycles. The van der Waals surface area contributed by atoms with Crippen LogP contribution in [0.15, 0.2) is 11.5 Å². The second-order valence-electron chi connectivity index (χ2n) is 4.96. The average molecular weight is 284 g/mol. The average Bonchev–Trinajstić information content (AvgIpc) is 2.93. The van der Waals surface area contributed by atoms with Crippen molar-refractivity contribution in [3.63, 3.8) is 0 Å². The molecule has 1 aromatic heterocycles. The van der Waals surface area contributed by atoms with Crippen molar-refractivity contribution < 1.29 is 0 Å². The van der Waals surface area contributed by atoms with Gasteiger partial charge in [0.1, 0.15) is 6.33 Å². The predicted octanol–water partition coefficient (Wildman–Crippen LogP) is 3.76. The Kier molecular flexibility index (Phi) is 10.8. The van der Waals surface area contributed by atoms with Gasteiger partial charge in [0, 0.05) is 5.75 Å². The van der Waals surface area contributed by atoms with Crippen LogP contribution in [-0.4, -0.2) is 27.5 Å². The van der Waals surface area contributed by atoms with Crippen molar-refractivity contribution >= 4 is 11.8 Å². The lowest BCUT2D eigenvalue weighted by molar-refractivity contribution is 0.559. The van der Waals surface area contributed by atoms with Crippen LogP contribution in [0.5, 0.6) is 0 Å². The van der Waals surface area contributed by atoms with E-state index in [-0.39, 0.29) is 0 Å². The van der Waals surface area contributed by atoms with Gasteiger partial charge >= 0.3 is 0 Å². The molecule has 5 heteroatoms. The van der Waals surface area contributed by atoms with Crippen LogP contribution in [0.3, 0.4) is 0 Å². The van der Waals surface area contributed by atoms with Gasteiger partial charge in [-0.15, -0.1) is 0 Å². The molecular weight excluding hydrogens is 256 g/mol. The molecule has 0 aliphatic carbocycles. The first-order valence-corrected chi connectivity index (χ1v) is 8.60. The van der Waals surface area contributed by atoms with Crippen LogP contribution < -0.4 is 5.73 Å². The van der Waals surface area contributed by atoms with Gasteiger partial charge in [0.05, 0.1) is 0 Å². The number of nitrogens with one attached hydrogen (secondary N) is 1. The fraction of sp³-hybridized carbons (Fsp3) is 0.857. The molecule has 0 amide bonds. The van der Waals surface area contributed by atoms with Gasteiger partial charge in [-0.2, -0.15) is 5.10 Å². The zero-order chi connectivity index (χ0) is 13.6. The number of nitrogens with zero attached hydrogens (tertiary/aromatic N) is 2. The topological polar surface area (TPSA) is 67.6 Å². The first-order chi connectivity index (χ1) is 9.43. The van der Waals surface area contributed by atoms with Crippen LogP contribution in [0.1, 0.15) is 64.2 Å². The van der Waals surface area contributed by atoms with Crippen molar-refractivity contribution in [2.24, 2.45) is 5.73 Å². The maximum Gasteiger partial charge on any atom is 0.183 e. The molecule has 0 fully saturated rings. The van der Waals surface area contributed by atoms with Gasteiger partial charge in [0.25, 0.3) is 0 Å². The summed E-state index contributed by atoms with van der Waals surface area (Å²) in [7, 11) is 0. The SMILES string of the molecule is NCCCCCCCCCCCCSc1ncn[nH]1. The van der Waals surface area contributed by atoms with Gasteiger partial charge in [-0.05, 0) is 19.4 Å². The summed E-state index contributed by atoms with van der Waals surface area (Å²) >= 11 is 1.77. The molecule has 0 radical (unpaired) electrons. The lowest BCUT2D eigenvalue weighted by Gasteiger charge is -2.02. The van der Waals surface area contributed by atoms with Gasteiger partial charge in [-0.25, -0.2) is 4.98 Å².